The lowest BCUT2D eigenvalue weighted by molar-refractivity contribution is -0.118. The van der Waals surface area contributed by atoms with Gasteiger partial charge < -0.3 is 10.3 Å². The second-order valence-corrected chi connectivity index (χ2v) is 3.40. The lowest BCUT2D eigenvalue weighted by atomic mass is 10.1. The summed E-state index contributed by atoms with van der Waals surface area (Å²) < 4.78 is 1.78. The molecule has 1 heterocycles. The fourth-order valence-corrected chi connectivity index (χ4v) is 1.52. The average Bonchev–Trinajstić information content (AvgIpc) is 2.67. The predicted molar refractivity (Wildman–Crippen MR) is 59.1 cm³/mol. The first-order chi connectivity index (χ1) is 7.25. The van der Waals surface area contributed by atoms with Crippen molar-refractivity contribution in [3.05, 3.63) is 48.8 Å². The monoisotopic (exact) mass is 200 g/mol. The van der Waals surface area contributed by atoms with E-state index in [2.05, 4.69) is 0 Å². The second kappa shape index (κ2) is 4.00. The Morgan fingerprint density at radius 3 is 2.53 bits per heavy atom. The van der Waals surface area contributed by atoms with E-state index in [4.69, 9.17) is 5.73 Å². The van der Waals surface area contributed by atoms with Crippen molar-refractivity contribution in [2.24, 2.45) is 5.73 Å². The van der Waals surface area contributed by atoms with Gasteiger partial charge in [0.2, 0.25) is 5.91 Å². The predicted octanol–water partition coefficient (Wildman–Crippen LogP) is 1.64. The molecule has 0 saturated heterocycles. The van der Waals surface area contributed by atoms with Crippen LogP contribution >= 0.6 is 0 Å². The van der Waals surface area contributed by atoms with Crippen LogP contribution in [-0.2, 0) is 11.3 Å². The number of hydrogen-bond donors (Lipinski definition) is 1. The standard InChI is InChI=1S/C12H12N2O/c13-12(15)9-14-7-6-11(8-14)10-4-2-1-3-5-10/h1-8H,9H2,(H2,13,15). The molecule has 0 radical (unpaired) electrons. The first kappa shape index (κ1) is 9.52. The highest BCUT2D eigenvalue weighted by molar-refractivity contribution is 5.74. The molecule has 0 aliphatic carbocycles. The third-order valence-corrected chi connectivity index (χ3v) is 2.20. The van der Waals surface area contributed by atoms with Gasteiger partial charge in [0.1, 0.15) is 6.54 Å². The molecule has 3 heteroatoms. The SMILES string of the molecule is NC(=O)Cn1ccc(-c2ccccc2)c1. The van der Waals surface area contributed by atoms with Crippen LogP contribution in [0.15, 0.2) is 48.8 Å². The highest BCUT2D eigenvalue weighted by Gasteiger charge is 2.00. The van der Waals surface area contributed by atoms with Crippen LogP contribution in [0.2, 0.25) is 0 Å². The summed E-state index contributed by atoms with van der Waals surface area (Å²) in [6.45, 7) is 0.229. The van der Waals surface area contributed by atoms with Crippen LogP contribution in [-0.4, -0.2) is 10.5 Å². The highest BCUT2D eigenvalue weighted by atomic mass is 16.1. The molecule has 3 nitrogen and oxygen atoms in total. The molecular weight excluding hydrogens is 188 g/mol. The van der Waals surface area contributed by atoms with Crippen LogP contribution in [0.4, 0.5) is 0 Å². The normalized spacial score (nSPS) is 10.1. The maximum atomic E-state index is 10.7. The number of hydrogen-bond acceptors (Lipinski definition) is 1. The van der Waals surface area contributed by atoms with Gasteiger partial charge in [0.15, 0.2) is 0 Å². The molecule has 1 aromatic heterocycles. The molecule has 0 unspecified atom stereocenters. The minimum absolute atomic E-state index is 0.229. The van der Waals surface area contributed by atoms with E-state index >= 15 is 0 Å². The summed E-state index contributed by atoms with van der Waals surface area (Å²) >= 11 is 0. The van der Waals surface area contributed by atoms with Gasteiger partial charge in [0, 0.05) is 12.4 Å². The summed E-state index contributed by atoms with van der Waals surface area (Å²) in [6, 6.07) is 12.0. The van der Waals surface area contributed by atoms with E-state index in [9.17, 15) is 4.79 Å². The molecule has 0 aliphatic heterocycles. The second-order valence-electron chi connectivity index (χ2n) is 3.40. The smallest absolute Gasteiger partial charge is 0.237 e. The van der Waals surface area contributed by atoms with E-state index < -0.39 is 0 Å². The first-order valence-corrected chi connectivity index (χ1v) is 4.75. The summed E-state index contributed by atoms with van der Waals surface area (Å²) in [4.78, 5) is 10.7. The molecule has 0 spiro atoms. The van der Waals surface area contributed by atoms with Gasteiger partial charge in [-0.25, -0.2) is 0 Å². The van der Waals surface area contributed by atoms with E-state index in [-0.39, 0.29) is 12.5 Å². The topological polar surface area (TPSA) is 48.0 Å². The molecule has 2 aromatic rings. The van der Waals surface area contributed by atoms with Gasteiger partial charge in [-0.2, -0.15) is 0 Å². The fourth-order valence-electron chi connectivity index (χ4n) is 1.52. The maximum absolute atomic E-state index is 10.7. The summed E-state index contributed by atoms with van der Waals surface area (Å²) in [7, 11) is 0. The lowest BCUT2D eigenvalue weighted by Crippen LogP contribution is -2.17. The number of nitrogens with two attached hydrogens (primary N) is 1. The molecule has 0 saturated carbocycles. The van der Waals surface area contributed by atoms with Crippen molar-refractivity contribution in [1.29, 1.82) is 0 Å². The summed E-state index contributed by atoms with van der Waals surface area (Å²) in [5.41, 5.74) is 7.35. The Hall–Kier alpha value is -2.03. The van der Waals surface area contributed by atoms with E-state index in [1.807, 2.05) is 48.8 Å². The number of amides is 1. The third kappa shape index (κ3) is 2.26. The maximum Gasteiger partial charge on any atom is 0.237 e. The molecule has 15 heavy (non-hydrogen) atoms. The summed E-state index contributed by atoms with van der Waals surface area (Å²) in [5, 5.41) is 0. The Labute approximate surface area is 88.1 Å². The summed E-state index contributed by atoms with van der Waals surface area (Å²) in [5.74, 6) is -0.329. The quantitative estimate of drug-likeness (QED) is 0.804. The fraction of sp³-hybridized carbons (Fsp3) is 0.0833. The van der Waals surface area contributed by atoms with Gasteiger partial charge in [-0.15, -0.1) is 0 Å². The van der Waals surface area contributed by atoms with Gasteiger partial charge in [-0.05, 0) is 17.2 Å². The van der Waals surface area contributed by atoms with Crippen molar-refractivity contribution in [2.45, 2.75) is 6.54 Å². The minimum Gasteiger partial charge on any atom is -0.368 e. The van der Waals surface area contributed by atoms with Crippen molar-refractivity contribution in [3.63, 3.8) is 0 Å². The van der Waals surface area contributed by atoms with Crippen LogP contribution in [0.25, 0.3) is 11.1 Å². The van der Waals surface area contributed by atoms with E-state index in [0.717, 1.165) is 11.1 Å². The first-order valence-electron chi connectivity index (χ1n) is 4.75. The van der Waals surface area contributed by atoms with E-state index in [0.29, 0.717) is 0 Å². The van der Waals surface area contributed by atoms with Gasteiger partial charge in [0.25, 0.3) is 0 Å². The van der Waals surface area contributed by atoms with Crippen LogP contribution in [0.3, 0.4) is 0 Å². The van der Waals surface area contributed by atoms with Crippen LogP contribution < -0.4 is 5.73 Å². The van der Waals surface area contributed by atoms with Gasteiger partial charge in [-0.1, -0.05) is 30.3 Å². The Morgan fingerprint density at radius 1 is 1.13 bits per heavy atom. The molecule has 1 aromatic carbocycles. The number of nitrogens with zero attached hydrogens (tertiary/aromatic N) is 1. The summed E-state index contributed by atoms with van der Waals surface area (Å²) in [6.07, 6.45) is 3.77. The molecule has 0 atom stereocenters. The van der Waals surface area contributed by atoms with Crippen molar-refractivity contribution in [2.75, 3.05) is 0 Å². The molecule has 2 rings (SSSR count). The number of primary amides is 1. The van der Waals surface area contributed by atoms with Crippen LogP contribution in [0.5, 0.6) is 0 Å². The van der Waals surface area contributed by atoms with Crippen molar-refractivity contribution in [3.8, 4) is 11.1 Å². The van der Waals surface area contributed by atoms with E-state index in [1.165, 1.54) is 0 Å². The van der Waals surface area contributed by atoms with Gasteiger partial charge >= 0.3 is 0 Å². The van der Waals surface area contributed by atoms with Crippen LogP contribution in [0, 0.1) is 0 Å². The molecule has 0 bridgehead atoms. The third-order valence-electron chi connectivity index (χ3n) is 2.20. The number of aromatic nitrogens is 1. The molecule has 0 aliphatic rings. The van der Waals surface area contributed by atoms with Gasteiger partial charge in [-0.3, -0.25) is 4.79 Å². The lowest BCUT2D eigenvalue weighted by Gasteiger charge is -1.98. The Morgan fingerprint density at radius 2 is 1.87 bits per heavy atom. The van der Waals surface area contributed by atoms with E-state index in [1.54, 1.807) is 4.57 Å². The number of rotatable bonds is 3. The van der Waals surface area contributed by atoms with Crippen molar-refractivity contribution < 1.29 is 4.79 Å². The zero-order valence-electron chi connectivity index (χ0n) is 8.26. The largest absolute Gasteiger partial charge is 0.368 e. The number of carbonyl (C=O) groups excluding carboxylic acids is 1. The van der Waals surface area contributed by atoms with Crippen LogP contribution in [0.1, 0.15) is 0 Å². The average molecular weight is 200 g/mol. The Balaban J connectivity index is 2.24. The molecule has 76 valence electrons. The highest BCUT2D eigenvalue weighted by Crippen LogP contribution is 2.18. The molecular formula is C12H12N2O. The Bertz CT molecular complexity index is 459. The zero-order chi connectivity index (χ0) is 10.7. The molecule has 0 fully saturated rings. The zero-order valence-corrected chi connectivity index (χ0v) is 8.26. The minimum atomic E-state index is -0.329. The number of carbonyl (C=O) groups is 1. The molecule has 1 amide bonds. The van der Waals surface area contributed by atoms with Crippen molar-refractivity contribution in [1.82, 2.24) is 4.57 Å². The van der Waals surface area contributed by atoms with Gasteiger partial charge in [0.05, 0.1) is 0 Å². The Kier molecular flexibility index (Phi) is 2.54. The van der Waals surface area contributed by atoms with Crippen molar-refractivity contribution >= 4 is 5.91 Å². The number of benzene rings is 1. The molecule has 2 N–H and O–H groups in total.